The molecule has 2 aromatic rings. The van der Waals surface area contributed by atoms with Crippen molar-refractivity contribution in [2.75, 3.05) is 5.32 Å². The van der Waals surface area contributed by atoms with Crippen LogP contribution in [0.2, 0.25) is 0 Å². The van der Waals surface area contributed by atoms with Crippen molar-refractivity contribution in [3.8, 4) is 11.5 Å². The van der Waals surface area contributed by atoms with Gasteiger partial charge in [0.15, 0.2) is 0 Å². The maximum Gasteiger partial charge on any atom is 0.336 e. The molecule has 9 heteroatoms. The number of ether oxygens (including phenoxy) is 1. The summed E-state index contributed by atoms with van der Waals surface area (Å²) in [7, 11) is 0. The normalized spacial score (nSPS) is 10.4. The quantitative estimate of drug-likeness (QED) is 0.542. The van der Waals surface area contributed by atoms with Gasteiger partial charge in [0.25, 0.3) is 0 Å². The molecule has 0 radical (unpaired) electrons. The van der Waals surface area contributed by atoms with E-state index in [1.165, 1.54) is 30.3 Å². The van der Waals surface area contributed by atoms with Gasteiger partial charge < -0.3 is 25.4 Å². The molecule has 1 amide bonds. The van der Waals surface area contributed by atoms with Crippen molar-refractivity contribution in [2.24, 2.45) is 0 Å². The lowest BCUT2D eigenvalue weighted by Crippen LogP contribution is -2.08. The minimum absolute atomic E-state index is 0.124. The molecule has 0 aliphatic rings. The van der Waals surface area contributed by atoms with Crippen LogP contribution in [0.25, 0.3) is 0 Å². The lowest BCUT2D eigenvalue weighted by atomic mass is 10.1. The number of carboxylic acid groups (broad SMARTS) is 3. The number of aromatic carboxylic acids is 2. The Morgan fingerprint density at radius 2 is 1.37 bits per heavy atom. The van der Waals surface area contributed by atoms with Crippen LogP contribution in [0.1, 0.15) is 20.7 Å². The molecule has 0 fully saturated rings. The second kappa shape index (κ2) is 8.30. The predicted molar refractivity (Wildman–Crippen MR) is 92.3 cm³/mol. The summed E-state index contributed by atoms with van der Waals surface area (Å²) < 4.78 is 5.48. The lowest BCUT2D eigenvalue weighted by Gasteiger charge is -2.09. The zero-order valence-corrected chi connectivity index (χ0v) is 13.6. The summed E-state index contributed by atoms with van der Waals surface area (Å²) in [6.07, 6.45) is 1.57. The van der Waals surface area contributed by atoms with Gasteiger partial charge in [-0.2, -0.15) is 0 Å². The second-order valence-corrected chi connectivity index (χ2v) is 5.10. The molecule has 0 saturated heterocycles. The van der Waals surface area contributed by atoms with Gasteiger partial charge in [0, 0.05) is 17.8 Å². The van der Waals surface area contributed by atoms with Crippen LogP contribution in [0.5, 0.6) is 11.5 Å². The van der Waals surface area contributed by atoms with Gasteiger partial charge in [-0.3, -0.25) is 4.79 Å². The fourth-order valence-electron chi connectivity index (χ4n) is 2.02. The van der Waals surface area contributed by atoms with Crippen molar-refractivity contribution in [3.05, 3.63) is 65.7 Å². The summed E-state index contributed by atoms with van der Waals surface area (Å²) in [5, 5.41) is 29.0. The highest BCUT2D eigenvalue weighted by Gasteiger charge is 2.17. The van der Waals surface area contributed by atoms with E-state index in [1.54, 1.807) is 0 Å². The zero-order valence-electron chi connectivity index (χ0n) is 13.6. The van der Waals surface area contributed by atoms with E-state index in [9.17, 15) is 19.2 Å². The second-order valence-electron chi connectivity index (χ2n) is 5.10. The zero-order chi connectivity index (χ0) is 20.0. The minimum atomic E-state index is -1.40. The van der Waals surface area contributed by atoms with E-state index in [0.717, 1.165) is 18.2 Å². The number of aliphatic carboxylic acids is 1. The highest BCUT2D eigenvalue weighted by atomic mass is 16.5. The number of carbonyl (C=O) groups is 4. The molecule has 0 unspecified atom stereocenters. The molecule has 2 rings (SSSR count). The van der Waals surface area contributed by atoms with E-state index in [0.29, 0.717) is 17.5 Å². The molecule has 9 nitrogen and oxygen atoms in total. The Balaban J connectivity index is 2.11. The number of hydrogen-bond acceptors (Lipinski definition) is 5. The first-order valence-electron chi connectivity index (χ1n) is 7.37. The van der Waals surface area contributed by atoms with Crippen LogP contribution in [0.3, 0.4) is 0 Å². The van der Waals surface area contributed by atoms with E-state index in [2.05, 4.69) is 5.32 Å². The van der Waals surface area contributed by atoms with Crippen molar-refractivity contribution in [1.82, 2.24) is 0 Å². The van der Waals surface area contributed by atoms with Crippen molar-refractivity contribution >= 4 is 29.5 Å². The first kappa shape index (κ1) is 19.2. The molecule has 0 spiro atoms. The standard InChI is InChI=1S/C18H13NO8/c20-15(7-8-16(21)22)19-10-1-3-11(4-2-10)27-12-5-6-13(17(23)24)14(9-12)18(25)26/h1-9H,(H,19,20)(H,21,22)(H,23,24)(H,25,26)/b8-7+. The summed E-state index contributed by atoms with van der Waals surface area (Å²) in [6, 6.07) is 9.51. The van der Waals surface area contributed by atoms with Crippen LogP contribution < -0.4 is 10.1 Å². The average Bonchev–Trinajstić information content (AvgIpc) is 2.61. The molecule has 4 N–H and O–H groups in total. The van der Waals surface area contributed by atoms with Gasteiger partial charge in [0.05, 0.1) is 11.1 Å². The third-order valence-electron chi connectivity index (χ3n) is 3.19. The summed E-state index contributed by atoms with van der Waals surface area (Å²) in [6.45, 7) is 0. The van der Waals surface area contributed by atoms with E-state index < -0.39 is 29.4 Å². The number of carbonyl (C=O) groups excluding carboxylic acids is 1. The summed E-state index contributed by atoms with van der Waals surface area (Å²) in [5.74, 6) is -4.20. The highest BCUT2D eigenvalue weighted by Crippen LogP contribution is 2.25. The summed E-state index contributed by atoms with van der Waals surface area (Å²) >= 11 is 0. The van der Waals surface area contributed by atoms with Gasteiger partial charge in [-0.05, 0) is 42.5 Å². The Hall–Kier alpha value is -4.14. The number of amides is 1. The monoisotopic (exact) mass is 371 g/mol. The number of benzene rings is 2. The van der Waals surface area contributed by atoms with Gasteiger partial charge in [-0.25, -0.2) is 14.4 Å². The van der Waals surface area contributed by atoms with Crippen molar-refractivity contribution in [1.29, 1.82) is 0 Å². The summed E-state index contributed by atoms with van der Waals surface area (Å²) in [5.41, 5.74) is -0.383. The third kappa shape index (κ3) is 5.43. The lowest BCUT2D eigenvalue weighted by molar-refractivity contribution is -0.131. The van der Waals surface area contributed by atoms with Crippen LogP contribution >= 0.6 is 0 Å². The van der Waals surface area contributed by atoms with Crippen molar-refractivity contribution in [2.45, 2.75) is 0 Å². The largest absolute Gasteiger partial charge is 0.478 e. The Kier molecular flexibility index (Phi) is 5.90. The smallest absolute Gasteiger partial charge is 0.336 e. The molecule has 27 heavy (non-hydrogen) atoms. The van der Waals surface area contributed by atoms with E-state index >= 15 is 0 Å². The van der Waals surface area contributed by atoms with Crippen LogP contribution in [0.4, 0.5) is 5.69 Å². The molecule has 0 aromatic heterocycles. The molecule has 0 atom stereocenters. The molecular weight excluding hydrogens is 358 g/mol. The number of hydrogen-bond donors (Lipinski definition) is 4. The SMILES string of the molecule is O=C(O)/C=C/C(=O)Nc1ccc(Oc2ccc(C(=O)O)c(C(=O)O)c2)cc1. The Labute approximate surface area is 152 Å². The van der Waals surface area contributed by atoms with Crippen LogP contribution in [-0.2, 0) is 9.59 Å². The van der Waals surface area contributed by atoms with Gasteiger partial charge >= 0.3 is 17.9 Å². The van der Waals surface area contributed by atoms with Crippen molar-refractivity contribution in [3.63, 3.8) is 0 Å². The molecule has 0 aliphatic carbocycles. The molecule has 0 aliphatic heterocycles. The van der Waals surface area contributed by atoms with Gasteiger partial charge in [0.1, 0.15) is 11.5 Å². The van der Waals surface area contributed by atoms with Crippen molar-refractivity contribution < 1.29 is 39.2 Å². The first-order valence-corrected chi connectivity index (χ1v) is 7.37. The summed E-state index contributed by atoms with van der Waals surface area (Å²) in [4.78, 5) is 44.0. The van der Waals surface area contributed by atoms with Gasteiger partial charge in [0.2, 0.25) is 5.91 Å². The topological polar surface area (TPSA) is 150 Å². The number of nitrogens with one attached hydrogen (secondary N) is 1. The maximum atomic E-state index is 11.5. The first-order chi connectivity index (χ1) is 12.8. The van der Waals surface area contributed by atoms with E-state index in [-0.39, 0.29) is 11.3 Å². The molecule has 0 bridgehead atoms. The minimum Gasteiger partial charge on any atom is -0.478 e. The van der Waals surface area contributed by atoms with Crippen LogP contribution in [0, 0.1) is 0 Å². The van der Waals surface area contributed by atoms with E-state index in [1.807, 2.05) is 0 Å². The Morgan fingerprint density at radius 3 is 1.93 bits per heavy atom. The molecule has 0 heterocycles. The molecular formula is C18H13NO8. The van der Waals surface area contributed by atoms with E-state index in [4.69, 9.17) is 20.1 Å². The fourth-order valence-corrected chi connectivity index (χ4v) is 2.02. The van der Waals surface area contributed by atoms with Gasteiger partial charge in [-0.15, -0.1) is 0 Å². The van der Waals surface area contributed by atoms with Crippen LogP contribution in [0.15, 0.2) is 54.6 Å². The Morgan fingerprint density at radius 1 is 0.778 bits per heavy atom. The van der Waals surface area contributed by atoms with Crippen LogP contribution in [-0.4, -0.2) is 39.1 Å². The number of anilines is 1. The molecule has 0 saturated carbocycles. The average molecular weight is 371 g/mol. The highest BCUT2D eigenvalue weighted by molar-refractivity contribution is 6.02. The predicted octanol–water partition coefficient (Wildman–Crippen LogP) is 2.45. The third-order valence-corrected chi connectivity index (χ3v) is 3.19. The number of rotatable bonds is 7. The molecule has 138 valence electrons. The molecule has 2 aromatic carbocycles. The maximum absolute atomic E-state index is 11.5. The van der Waals surface area contributed by atoms with Gasteiger partial charge in [-0.1, -0.05) is 0 Å². The fraction of sp³-hybridized carbons (Fsp3) is 0. The number of carboxylic acids is 3. The Bertz CT molecular complexity index is 931.